The molecule has 3 aliphatic rings. The molecule has 4 heterocycles. The van der Waals surface area contributed by atoms with Crippen LogP contribution in [0.5, 0.6) is 0 Å². The third-order valence-electron chi connectivity index (χ3n) is 7.28. The number of rotatable bonds is 6. The van der Waals surface area contributed by atoms with Crippen LogP contribution in [0.15, 0.2) is 47.8 Å². The lowest BCUT2D eigenvalue weighted by molar-refractivity contribution is -0.192. The number of carbonyl (C=O) groups is 1. The second-order valence-electron chi connectivity index (χ2n) is 10.1. The number of nitrogens with zero attached hydrogens (tertiary/aromatic N) is 3. The Morgan fingerprint density at radius 3 is 2.36 bits per heavy atom. The predicted molar refractivity (Wildman–Crippen MR) is 141 cm³/mol. The van der Waals surface area contributed by atoms with E-state index < -0.39 is 39.1 Å². The third kappa shape index (κ3) is 6.51. The summed E-state index contributed by atoms with van der Waals surface area (Å²) in [5, 5.41) is 16.8. The largest absolute Gasteiger partial charge is 0.490 e. The normalized spacial score (nSPS) is 21.9. The first-order valence-corrected chi connectivity index (χ1v) is 14.0. The molecule has 2 aromatic heterocycles. The van der Waals surface area contributed by atoms with Crippen molar-refractivity contribution in [2.24, 2.45) is 0 Å². The SMILES string of the molecule is Cc1ccc(S(=O)(=O)NC23CCC(CO)(CC2)OC3)cc1-c1cnc(N)c(-c2ccncc2F)n1.O=C(O)C(F)(F)F. The fraction of sp³-hybridized carbons (Fsp3) is 0.385. The number of aromatic nitrogens is 3. The van der Waals surface area contributed by atoms with Gasteiger partial charge in [0.15, 0.2) is 5.82 Å². The van der Waals surface area contributed by atoms with E-state index >= 15 is 0 Å². The van der Waals surface area contributed by atoms with Gasteiger partial charge in [-0.2, -0.15) is 13.2 Å². The number of nitrogens with two attached hydrogens (primary N) is 1. The van der Waals surface area contributed by atoms with E-state index in [0.29, 0.717) is 36.9 Å². The summed E-state index contributed by atoms with van der Waals surface area (Å²) in [7, 11) is -3.89. The molecule has 0 spiro atoms. The topological polar surface area (TPSA) is 178 Å². The van der Waals surface area contributed by atoms with Crippen LogP contribution in [-0.4, -0.2) is 70.1 Å². The zero-order valence-electron chi connectivity index (χ0n) is 22.2. The molecule has 226 valence electrons. The average Bonchev–Trinajstić information content (AvgIpc) is 2.94. The van der Waals surface area contributed by atoms with E-state index in [1.54, 1.807) is 6.07 Å². The summed E-state index contributed by atoms with van der Waals surface area (Å²) >= 11 is 0. The van der Waals surface area contributed by atoms with Crippen LogP contribution in [-0.2, 0) is 19.6 Å². The number of benzene rings is 1. The minimum atomic E-state index is -5.08. The van der Waals surface area contributed by atoms with Gasteiger partial charge < -0.3 is 20.7 Å². The van der Waals surface area contributed by atoms with Crippen LogP contribution in [0.25, 0.3) is 22.5 Å². The number of nitrogens with one attached hydrogen (secondary N) is 1. The quantitative estimate of drug-likeness (QED) is 0.302. The number of sulfonamides is 1. The monoisotopic (exact) mass is 613 g/mol. The molecule has 16 heteroatoms. The van der Waals surface area contributed by atoms with E-state index in [1.807, 2.05) is 6.92 Å². The zero-order valence-corrected chi connectivity index (χ0v) is 23.0. The Balaban J connectivity index is 0.000000517. The van der Waals surface area contributed by atoms with Gasteiger partial charge in [-0.1, -0.05) is 6.07 Å². The van der Waals surface area contributed by atoms with Crippen LogP contribution >= 0.6 is 0 Å². The van der Waals surface area contributed by atoms with Crippen molar-refractivity contribution < 1.29 is 45.7 Å². The number of halogens is 4. The summed E-state index contributed by atoms with van der Waals surface area (Å²) in [6.07, 6.45) is 1.23. The fourth-order valence-corrected chi connectivity index (χ4v) is 6.25. The summed E-state index contributed by atoms with van der Waals surface area (Å²) in [5.41, 5.74) is 6.70. The second kappa shape index (κ2) is 11.5. The lowest BCUT2D eigenvalue weighted by Crippen LogP contribution is -2.63. The molecule has 0 atom stereocenters. The summed E-state index contributed by atoms with van der Waals surface area (Å²) < 4.78 is 81.5. The van der Waals surface area contributed by atoms with Crippen molar-refractivity contribution in [1.29, 1.82) is 0 Å². The Morgan fingerprint density at radius 2 is 1.81 bits per heavy atom. The molecule has 2 saturated heterocycles. The van der Waals surface area contributed by atoms with Gasteiger partial charge in [0.1, 0.15) is 11.5 Å². The number of aliphatic hydroxyl groups excluding tert-OH is 1. The predicted octanol–water partition coefficient (Wildman–Crippen LogP) is 3.22. The van der Waals surface area contributed by atoms with E-state index in [9.17, 15) is 31.1 Å². The molecule has 42 heavy (non-hydrogen) atoms. The molecule has 6 rings (SSSR count). The van der Waals surface area contributed by atoms with E-state index in [-0.39, 0.29) is 35.2 Å². The second-order valence-corrected chi connectivity index (χ2v) is 11.8. The molecular weight excluding hydrogens is 586 g/mol. The minimum Gasteiger partial charge on any atom is -0.475 e. The number of ether oxygens (including phenoxy) is 1. The van der Waals surface area contributed by atoms with Gasteiger partial charge in [-0.25, -0.2) is 32.3 Å². The minimum absolute atomic E-state index is 0.0506. The first kappa shape index (κ1) is 31.2. The molecule has 5 N–H and O–H groups in total. The van der Waals surface area contributed by atoms with E-state index in [0.717, 1.165) is 11.8 Å². The lowest BCUT2D eigenvalue weighted by atomic mass is 9.72. The molecule has 2 bridgehead atoms. The standard InChI is InChI=1S/C24H26FN5O4S.C2HF3O2/c1-15-2-3-16(35(32,33)30-23-5-7-24(13-31,8-6-23)34-14-23)10-18(15)20-12-28-22(26)21(29-20)17-4-9-27-11-19(17)25;3-2(4,5)1(6)7/h2-4,9-12,30-31H,5-8,13-14H2,1H3,(H2,26,28);(H,6,7). The molecule has 2 aliphatic heterocycles. The number of pyridine rings is 1. The Bertz CT molecular complexity index is 1580. The smallest absolute Gasteiger partial charge is 0.475 e. The van der Waals surface area contributed by atoms with Gasteiger partial charge in [-0.15, -0.1) is 0 Å². The number of anilines is 1. The third-order valence-corrected chi connectivity index (χ3v) is 8.85. The highest BCUT2D eigenvalue weighted by molar-refractivity contribution is 7.89. The molecule has 1 aliphatic carbocycles. The van der Waals surface area contributed by atoms with Crippen LogP contribution in [0.4, 0.5) is 23.4 Å². The molecule has 0 amide bonds. The molecule has 0 radical (unpaired) electrons. The van der Waals surface area contributed by atoms with Gasteiger partial charge in [0.05, 0.1) is 47.3 Å². The highest BCUT2D eigenvalue weighted by Crippen LogP contribution is 2.44. The maximum atomic E-state index is 14.3. The number of hydrogen-bond acceptors (Lipinski definition) is 9. The fourth-order valence-electron chi connectivity index (χ4n) is 4.78. The number of nitrogen functional groups attached to an aromatic ring is 1. The number of aliphatic hydroxyl groups is 1. The van der Waals surface area contributed by atoms with Crippen LogP contribution in [0.1, 0.15) is 31.2 Å². The van der Waals surface area contributed by atoms with E-state index in [1.165, 1.54) is 30.6 Å². The van der Waals surface area contributed by atoms with Crippen LogP contribution < -0.4 is 10.5 Å². The maximum absolute atomic E-state index is 14.3. The van der Waals surface area contributed by atoms with Gasteiger partial charge in [0.2, 0.25) is 10.0 Å². The van der Waals surface area contributed by atoms with Crippen molar-refractivity contribution in [3.63, 3.8) is 0 Å². The summed E-state index contributed by atoms with van der Waals surface area (Å²) in [4.78, 5) is 21.4. The van der Waals surface area contributed by atoms with Gasteiger partial charge >= 0.3 is 12.1 Å². The molecule has 1 saturated carbocycles. The number of carboxylic acid groups (broad SMARTS) is 1. The average molecular weight is 614 g/mol. The van der Waals surface area contributed by atoms with Crippen molar-refractivity contribution in [3.05, 3.63) is 54.2 Å². The molecule has 3 fully saturated rings. The van der Waals surface area contributed by atoms with E-state index in [2.05, 4.69) is 19.7 Å². The van der Waals surface area contributed by atoms with Gasteiger partial charge in [0.25, 0.3) is 0 Å². The van der Waals surface area contributed by atoms with Crippen LogP contribution in [0.3, 0.4) is 0 Å². The van der Waals surface area contributed by atoms with Crippen molar-refractivity contribution in [3.8, 4) is 22.5 Å². The maximum Gasteiger partial charge on any atom is 0.490 e. The summed E-state index contributed by atoms with van der Waals surface area (Å²) in [5.74, 6) is -3.29. The summed E-state index contributed by atoms with van der Waals surface area (Å²) in [6, 6.07) is 6.22. The highest BCUT2D eigenvalue weighted by Gasteiger charge is 2.51. The molecule has 0 unspecified atom stereocenters. The molecule has 1 aromatic carbocycles. The van der Waals surface area contributed by atoms with Crippen molar-refractivity contribution in [2.45, 2.75) is 54.8 Å². The van der Waals surface area contributed by atoms with E-state index in [4.69, 9.17) is 20.4 Å². The van der Waals surface area contributed by atoms with Crippen molar-refractivity contribution >= 4 is 21.8 Å². The number of aryl methyl sites for hydroxylation is 1. The first-order chi connectivity index (χ1) is 19.6. The first-order valence-electron chi connectivity index (χ1n) is 12.5. The Morgan fingerprint density at radius 1 is 1.14 bits per heavy atom. The Hall–Kier alpha value is -3.73. The van der Waals surface area contributed by atoms with Gasteiger partial charge in [0, 0.05) is 17.3 Å². The van der Waals surface area contributed by atoms with Crippen molar-refractivity contribution in [1.82, 2.24) is 19.7 Å². The number of aliphatic carboxylic acids is 1. The Kier molecular flexibility index (Phi) is 8.55. The van der Waals surface area contributed by atoms with Gasteiger partial charge in [-0.3, -0.25) is 4.98 Å². The van der Waals surface area contributed by atoms with Crippen LogP contribution in [0.2, 0.25) is 0 Å². The summed E-state index contributed by atoms with van der Waals surface area (Å²) in [6.45, 7) is 1.98. The van der Waals surface area contributed by atoms with Crippen LogP contribution in [0, 0.1) is 12.7 Å². The lowest BCUT2D eigenvalue weighted by Gasteiger charge is -2.52. The van der Waals surface area contributed by atoms with Gasteiger partial charge in [-0.05, 0) is 56.4 Å². The number of fused-ring (bicyclic) bond motifs is 3. The zero-order chi connectivity index (χ0) is 30.9. The highest BCUT2D eigenvalue weighted by atomic mass is 32.2. The number of hydrogen-bond donors (Lipinski definition) is 4. The molecular formula is C26H27F4N5O6S. The number of carboxylic acids is 1. The molecule has 11 nitrogen and oxygen atoms in total. The number of alkyl halides is 3. The van der Waals surface area contributed by atoms with Crippen molar-refractivity contribution in [2.75, 3.05) is 18.9 Å². The Labute approximate surface area is 237 Å². The molecule has 3 aromatic rings.